The van der Waals surface area contributed by atoms with Crippen LogP contribution in [0.25, 0.3) is 0 Å². The second-order valence-corrected chi connectivity index (χ2v) is 5.46. The van der Waals surface area contributed by atoms with E-state index in [0.717, 1.165) is 5.69 Å². The normalized spacial score (nSPS) is 23.3. The molecular formula is C13H19NS. The Balaban J connectivity index is 2.52. The predicted molar refractivity (Wildman–Crippen MR) is 69.7 cm³/mol. The average molecular weight is 221 g/mol. The SMILES string of the molecule is CC1CCC(C)(C)c2ccc(NS)cc21. The summed E-state index contributed by atoms with van der Waals surface area (Å²) in [5.74, 6) is 0.676. The summed E-state index contributed by atoms with van der Waals surface area (Å²) in [5.41, 5.74) is 4.43. The van der Waals surface area contributed by atoms with E-state index in [4.69, 9.17) is 0 Å². The molecule has 0 bridgehead atoms. The summed E-state index contributed by atoms with van der Waals surface area (Å²) in [4.78, 5) is 0. The minimum absolute atomic E-state index is 0.330. The van der Waals surface area contributed by atoms with Crippen LogP contribution >= 0.6 is 12.8 Å². The van der Waals surface area contributed by atoms with Crippen LogP contribution in [0.4, 0.5) is 5.69 Å². The molecule has 1 unspecified atom stereocenters. The van der Waals surface area contributed by atoms with Gasteiger partial charge in [0.05, 0.1) is 0 Å². The molecule has 1 atom stereocenters. The quantitative estimate of drug-likeness (QED) is 0.680. The summed E-state index contributed by atoms with van der Waals surface area (Å²) >= 11 is 4.10. The molecule has 0 spiro atoms. The Labute approximate surface area is 97.8 Å². The van der Waals surface area contributed by atoms with Crippen LogP contribution in [0.5, 0.6) is 0 Å². The fourth-order valence-corrected chi connectivity index (χ4v) is 2.66. The molecule has 1 nitrogen and oxygen atoms in total. The fourth-order valence-electron chi connectivity index (χ4n) is 2.52. The van der Waals surface area contributed by atoms with Crippen molar-refractivity contribution in [2.24, 2.45) is 0 Å². The van der Waals surface area contributed by atoms with Gasteiger partial charge in [0.2, 0.25) is 0 Å². The van der Waals surface area contributed by atoms with Crippen LogP contribution in [0.3, 0.4) is 0 Å². The summed E-state index contributed by atoms with van der Waals surface area (Å²) < 4.78 is 2.92. The van der Waals surface area contributed by atoms with E-state index in [9.17, 15) is 0 Å². The fraction of sp³-hybridized carbons (Fsp3) is 0.538. The number of nitrogens with one attached hydrogen (secondary N) is 1. The van der Waals surface area contributed by atoms with Gasteiger partial charge in [-0.15, -0.1) is 0 Å². The van der Waals surface area contributed by atoms with Gasteiger partial charge in [-0.25, -0.2) is 0 Å². The molecule has 1 aromatic carbocycles. The van der Waals surface area contributed by atoms with E-state index in [2.05, 4.69) is 56.5 Å². The molecule has 0 heterocycles. The first-order chi connectivity index (χ1) is 7.04. The van der Waals surface area contributed by atoms with E-state index >= 15 is 0 Å². The van der Waals surface area contributed by atoms with Crippen molar-refractivity contribution < 1.29 is 0 Å². The van der Waals surface area contributed by atoms with E-state index in [1.807, 2.05) is 0 Å². The maximum atomic E-state index is 4.10. The van der Waals surface area contributed by atoms with E-state index < -0.39 is 0 Å². The van der Waals surface area contributed by atoms with Crippen LogP contribution in [0.1, 0.15) is 50.7 Å². The molecule has 0 radical (unpaired) electrons. The third kappa shape index (κ3) is 1.87. The van der Waals surface area contributed by atoms with Gasteiger partial charge in [0.1, 0.15) is 0 Å². The van der Waals surface area contributed by atoms with Crippen molar-refractivity contribution in [3.05, 3.63) is 29.3 Å². The molecule has 15 heavy (non-hydrogen) atoms. The van der Waals surface area contributed by atoms with Gasteiger partial charge >= 0.3 is 0 Å². The molecule has 1 aliphatic rings. The number of hydrogen-bond donors (Lipinski definition) is 2. The smallest absolute Gasteiger partial charge is 0.0440 e. The third-order valence-electron chi connectivity index (χ3n) is 3.64. The van der Waals surface area contributed by atoms with E-state index in [1.54, 1.807) is 0 Å². The second kappa shape index (κ2) is 3.75. The lowest BCUT2D eigenvalue weighted by atomic mass is 9.69. The molecule has 82 valence electrons. The highest BCUT2D eigenvalue weighted by Gasteiger charge is 2.30. The zero-order valence-corrected chi connectivity index (χ0v) is 10.6. The summed E-state index contributed by atoms with van der Waals surface area (Å²) in [7, 11) is 0. The van der Waals surface area contributed by atoms with Gasteiger partial charge in [-0.1, -0.05) is 39.7 Å². The van der Waals surface area contributed by atoms with Crippen LogP contribution in [-0.4, -0.2) is 0 Å². The molecule has 1 aromatic rings. The van der Waals surface area contributed by atoms with Gasteiger partial charge in [-0.3, -0.25) is 0 Å². The monoisotopic (exact) mass is 221 g/mol. The number of rotatable bonds is 1. The lowest BCUT2D eigenvalue weighted by Gasteiger charge is -2.36. The number of thiol groups is 1. The van der Waals surface area contributed by atoms with Crippen molar-refractivity contribution in [1.82, 2.24) is 0 Å². The minimum atomic E-state index is 0.330. The standard InChI is InChI=1S/C13H19NS/c1-9-6-7-13(2,3)12-5-4-10(14-15)8-11(9)12/h4-5,8-9,14-15H,6-7H2,1-3H3. The highest BCUT2D eigenvalue weighted by molar-refractivity contribution is 7.81. The van der Waals surface area contributed by atoms with Gasteiger partial charge < -0.3 is 4.72 Å². The molecule has 0 fully saturated rings. The van der Waals surface area contributed by atoms with Gasteiger partial charge in [0.15, 0.2) is 0 Å². The Morgan fingerprint density at radius 2 is 2.13 bits per heavy atom. The Hall–Kier alpha value is -0.630. The van der Waals surface area contributed by atoms with Crippen molar-refractivity contribution in [2.75, 3.05) is 4.72 Å². The van der Waals surface area contributed by atoms with Crippen LogP contribution in [-0.2, 0) is 5.41 Å². The van der Waals surface area contributed by atoms with E-state index in [1.165, 1.54) is 24.0 Å². The number of fused-ring (bicyclic) bond motifs is 1. The lowest BCUT2D eigenvalue weighted by Crippen LogP contribution is -2.25. The van der Waals surface area contributed by atoms with Gasteiger partial charge in [0.25, 0.3) is 0 Å². The molecular weight excluding hydrogens is 202 g/mol. The van der Waals surface area contributed by atoms with Gasteiger partial charge in [0, 0.05) is 5.69 Å². The minimum Gasteiger partial charge on any atom is -0.332 e. The Morgan fingerprint density at radius 3 is 2.80 bits per heavy atom. The number of hydrogen-bond acceptors (Lipinski definition) is 2. The van der Waals surface area contributed by atoms with Crippen molar-refractivity contribution in [3.63, 3.8) is 0 Å². The Kier molecular flexibility index (Phi) is 2.72. The zero-order chi connectivity index (χ0) is 11.1. The van der Waals surface area contributed by atoms with Crippen LogP contribution in [0, 0.1) is 0 Å². The molecule has 0 amide bonds. The lowest BCUT2D eigenvalue weighted by molar-refractivity contribution is 0.402. The highest BCUT2D eigenvalue weighted by Crippen LogP contribution is 2.43. The van der Waals surface area contributed by atoms with Crippen LogP contribution in [0.15, 0.2) is 18.2 Å². The Morgan fingerprint density at radius 1 is 1.40 bits per heavy atom. The molecule has 0 aliphatic heterocycles. The maximum absolute atomic E-state index is 4.10. The van der Waals surface area contributed by atoms with Crippen molar-refractivity contribution in [3.8, 4) is 0 Å². The van der Waals surface area contributed by atoms with Crippen molar-refractivity contribution in [1.29, 1.82) is 0 Å². The molecule has 0 aromatic heterocycles. The predicted octanol–water partition coefficient (Wildman–Crippen LogP) is 4.12. The molecule has 1 N–H and O–H groups in total. The number of benzene rings is 1. The molecule has 0 saturated carbocycles. The van der Waals surface area contributed by atoms with E-state index in [-0.39, 0.29) is 0 Å². The van der Waals surface area contributed by atoms with Gasteiger partial charge in [-0.2, -0.15) is 0 Å². The van der Waals surface area contributed by atoms with Crippen molar-refractivity contribution >= 4 is 18.5 Å². The maximum Gasteiger partial charge on any atom is 0.0440 e. The summed E-state index contributed by atoms with van der Waals surface area (Å²) in [6.07, 6.45) is 2.57. The number of anilines is 1. The Bertz CT molecular complexity index is 371. The highest BCUT2D eigenvalue weighted by atomic mass is 32.1. The van der Waals surface area contributed by atoms with Gasteiger partial charge in [-0.05, 0) is 47.4 Å². The van der Waals surface area contributed by atoms with Crippen molar-refractivity contribution in [2.45, 2.75) is 44.9 Å². The molecule has 0 saturated heterocycles. The third-order valence-corrected chi connectivity index (χ3v) is 3.90. The average Bonchev–Trinajstić information content (AvgIpc) is 2.23. The summed E-state index contributed by atoms with van der Waals surface area (Å²) in [6.45, 7) is 6.99. The van der Waals surface area contributed by atoms with Crippen LogP contribution in [0.2, 0.25) is 0 Å². The first-order valence-corrected chi connectivity index (χ1v) is 6.04. The first-order valence-electron chi connectivity index (χ1n) is 5.59. The van der Waals surface area contributed by atoms with Crippen LogP contribution < -0.4 is 4.72 Å². The zero-order valence-electron chi connectivity index (χ0n) is 9.67. The molecule has 2 rings (SSSR count). The summed E-state index contributed by atoms with van der Waals surface area (Å²) in [6, 6.07) is 6.61. The topological polar surface area (TPSA) is 12.0 Å². The first kappa shape index (κ1) is 10.9. The second-order valence-electron chi connectivity index (χ2n) is 5.24. The molecule has 2 heteroatoms. The van der Waals surface area contributed by atoms with E-state index in [0.29, 0.717) is 11.3 Å². The largest absolute Gasteiger partial charge is 0.332 e. The summed E-state index contributed by atoms with van der Waals surface area (Å²) in [5, 5.41) is 0. The molecule has 1 aliphatic carbocycles.